The highest BCUT2D eigenvalue weighted by atomic mass is 79.9. The molecule has 1 heterocycles. The highest BCUT2D eigenvalue weighted by Crippen LogP contribution is 2.32. The molecule has 4 rings (SSSR count). The number of benzene rings is 3. The quantitative estimate of drug-likeness (QED) is 0.497. The van der Waals surface area contributed by atoms with E-state index in [1.54, 1.807) is 24.3 Å². The average Bonchev–Trinajstić information content (AvgIpc) is 3.21. The molecule has 1 aliphatic rings. The lowest BCUT2D eigenvalue weighted by Crippen LogP contribution is -2.42. The van der Waals surface area contributed by atoms with Gasteiger partial charge in [0.15, 0.2) is 0 Å². The van der Waals surface area contributed by atoms with Crippen molar-refractivity contribution in [1.29, 1.82) is 0 Å². The average molecular weight is 481 g/mol. The van der Waals surface area contributed by atoms with Crippen LogP contribution in [0.1, 0.15) is 16.7 Å². The van der Waals surface area contributed by atoms with Crippen molar-refractivity contribution in [3.8, 4) is 0 Å². The van der Waals surface area contributed by atoms with E-state index in [-0.39, 0.29) is 4.90 Å². The number of sulfonamides is 1. The highest BCUT2D eigenvalue weighted by molar-refractivity contribution is 9.10. The van der Waals surface area contributed by atoms with E-state index >= 15 is 0 Å². The first-order chi connectivity index (χ1) is 14.4. The molecule has 0 aromatic heterocycles. The fourth-order valence-electron chi connectivity index (χ4n) is 3.48. The lowest BCUT2D eigenvalue weighted by atomic mass is 10.0. The maximum atomic E-state index is 13.7. The van der Waals surface area contributed by atoms with Gasteiger partial charge >= 0.3 is 0 Å². The Morgan fingerprint density at radius 3 is 2.27 bits per heavy atom. The van der Waals surface area contributed by atoms with Crippen LogP contribution in [-0.2, 0) is 10.0 Å². The molecule has 0 amide bonds. The molecular weight excluding hydrogens is 460 g/mol. The minimum Gasteiger partial charge on any atom is -0.265 e. The van der Waals surface area contributed by atoms with Crippen LogP contribution in [0, 0.1) is 6.92 Å². The van der Waals surface area contributed by atoms with Crippen molar-refractivity contribution >= 4 is 37.4 Å². The van der Waals surface area contributed by atoms with E-state index in [1.165, 1.54) is 4.31 Å². The zero-order chi connectivity index (χ0) is 21.3. The zero-order valence-electron chi connectivity index (χ0n) is 16.5. The van der Waals surface area contributed by atoms with Crippen LogP contribution in [0.15, 0.2) is 99.8 Å². The van der Waals surface area contributed by atoms with E-state index in [0.717, 1.165) is 26.7 Å². The van der Waals surface area contributed by atoms with E-state index in [0.29, 0.717) is 12.4 Å². The molecule has 0 N–H and O–H groups in total. The van der Waals surface area contributed by atoms with Crippen LogP contribution in [-0.4, -0.2) is 31.1 Å². The molecule has 0 saturated heterocycles. The van der Waals surface area contributed by atoms with Crippen molar-refractivity contribution in [2.75, 3.05) is 6.54 Å². The Balaban J connectivity index is 1.81. The molecule has 6 heteroatoms. The van der Waals surface area contributed by atoms with Gasteiger partial charge in [-0.25, -0.2) is 12.7 Å². The van der Waals surface area contributed by atoms with E-state index in [9.17, 15) is 8.42 Å². The summed E-state index contributed by atoms with van der Waals surface area (Å²) >= 11 is 3.43. The number of amidine groups is 1. The van der Waals surface area contributed by atoms with Gasteiger partial charge in [-0.05, 0) is 42.3 Å². The molecule has 3 aromatic rings. The second kappa shape index (κ2) is 8.20. The van der Waals surface area contributed by atoms with Gasteiger partial charge in [-0.2, -0.15) is 0 Å². The normalized spacial score (nSPS) is 16.4. The van der Waals surface area contributed by atoms with E-state index in [1.807, 2.05) is 61.5 Å². The first-order valence-electron chi connectivity index (χ1n) is 9.53. The van der Waals surface area contributed by atoms with Gasteiger partial charge in [-0.1, -0.05) is 82.7 Å². The van der Waals surface area contributed by atoms with Crippen molar-refractivity contribution in [3.05, 3.63) is 107 Å². The summed E-state index contributed by atoms with van der Waals surface area (Å²) < 4.78 is 29.8. The molecule has 1 unspecified atom stereocenters. The molecule has 0 fully saturated rings. The standard InChI is InChI=1S/C24H21BrN2O2S/c1-17-8-14-22(15-9-17)30(28,29)27-23(18(2)19-6-4-3-5-7-19)16-26-24(27)20-10-12-21(25)13-11-20/h3-15,23H,2,16H2,1H3. The van der Waals surface area contributed by atoms with Crippen LogP contribution in [0.25, 0.3) is 5.57 Å². The Bertz CT molecular complexity index is 1200. The molecule has 1 atom stereocenters. The number of rotatable bonds is 5. The third-order valence-electron chi connectivity index (χ3n) is 5.13. The van der Waals surface area contributed by atoms with Gasteiger partial charge in [0, 0.05) is 10.0 Å². The van der Waals surface area contributed by atoms with Crippen molar-refractivity contribution in [1.82, 2.24) is 4.31 Å². The summed E-state index contributed by atoms with van der Waals surface area (Å²) in [6, 6.07) is 23.6. The number of hydrogen-bond donors (Lipinski definition) is 0. The van der Waals surface area contributed by atoms with Crippen LogP contribution in [0.4, 0.5) is 0 Å². The third kappa shape index (κ3) is 3.85. The second-order valence-corrected chi connectivity index (χ2v) is 9.92. The summed E-state index contributed by atoms with van der Waals surface area (Å²) in [5.41, 5.74) is 3.38. The monoisotopic (exact) mass is 480 g/mol. The van der Waals surface area contributed by atoms with Gasteiger partial charge in [0.05, 0.1) is 17.5 Å². The Morgan fingerprint density at radius 1 is 1.00 bits per heavy atom. The number of nitrogens with zero attached hydrogens (tertiary/aromatic N) is 2. The zero-order valence-corrected chi connectivity index (χ0v) is 18.9. The topological polar surface area (TPSA) is 49.7 Å². The Labute approximate surface area is 185 Å². The highest BCUT2D eigenvalue weighted by Gasteiger charge is 2.40. The van der Waals surface area contributed by atoms with Crippen molar-refractivity contribution in [3.63, 3.8) is 0 Å². The van der Waals surface area contributed by atoms with Gasteiger partial charge in [0.2, 0.25) is 0 Å². The van der Waals surface area contributed by atoms with Gasteiger partial charge < -0.3 is 0 Å². The van der Waals surface area contributed by atoms with Crippen LogP contribution >= 0.6 is 15.9 Å². The minimum absolute atomic E-state index is 0.241. The van der Waals surface area contributed by atoms with Crippen LogP contribution in [0.2, 0.25) is 0 Å². The molecule has 1 aliphatic heterocycles. The lowest BCUT2D eigenvalue weighted by molar-refractivity contribution is 0.509. The second-order valence-electron chi connectivity index (χ2n) is 7.19. The smallest absolute Gasteiger partial charge is 0.265 e. The Hall–Kier alpha value is -2.70. The maximum Gasteiger partial charge on any atom is 0.266 e. The Morgan fingerprint density at radius 2 is 1.63 bits per heavy atom. The molecule has 0 radical (unpaired) electrons. The van der Waals surface area contributed by atoms with Gasteiger partial charge in [0.25, 0.3) is 10.0 Å². The summed E-state index contributed by atoms with van der Waals surface area (Å²) in [6.45, 7) is 6.49. The SMILES string of the molecule is C=C(c1ccccc1)C1CN=C(c2ccc(Br)cc2)N1S(=O)(=O)c1ccc(C)cc1. The van der Waals surface area contributed by atoms with E-state index in [2.05, 4.69) is 27.5 Å². The van der Waals surface area contributed by atoms with Crippen molar-refractivity contribution in [2.24, 2.45) is 4.99 Å². The minimum atomic E-state index is -3.84. The van der Waals surface area contributed by atoms with E-state index in [4.69, 9.17) is 0 Å². The third-order valence-corrected chi connectivity index (χ3v) is 7.47. The van der Waals surface area contributed by atoms with Crippen LogP contribution < -0.4 is 0 Å². The molecule has 0 aliphatic carbocycles. The molecule has 3 aromatic carbocycles. The molecule has 30 heavy (non-hydrogen) atoms. The molecular formula is C24H21BrN2O2S. The largest absolute Gasteiger partial charge is 0.266 e. The summed E-state index contributed by atoms with van der Waals surface area (Å²) in [4.78, 5) is 4.88. The molecule has 0 saturated carbocycles. The predicted molar refractivity (Wildman–Crippen MR) is 125 cm³/mol. The van der Waals surface area contributed by atoms with Crippen LogP contribution in [0.3, 0.4) is 0 Å². The molecule has 4 nitrogen and oxygen atoms in total. The predicted octanol–water partition coefficient (Wildman–Crippen LogP) is 5.29. The van der Waals surface area contributed by atoms with Gasteiger partial charge in [-0.3, -0.25) is 4.99 Å². The van der Waals surface area contributed by atoms with Crippen molar-refractivity contribution < 1.29 is 8.42 Å². The number of hydrogen-bond acceptors (Lipinski definition) is 3. The molecule has 0 bridgehead atoms. The first-order valence-corrected chi connectivity index (χ1v) is 11.8. The summed E-state index contributed by atoms with van der Waals surface area (Å²) in [6.07, 6.45) is 0. The summed E-state index contributed by atoms with van der Waals surface area (Å²) in [7, 11) is -3.84. The summed E-state index contributed by atoms with van der Waals surface area (Å²) in [5, 5.41) is 0. The van der Waals surface area contributed by atoms with E-state index < -0.39 is 16.1 Å². The van der Waals surface area contributed by atoms with Crippen molar-refractivity contribution in [2.45, 2.75) is 17.9 Å². The number of halogens is 1. The maximum absolute atomic E-state index is 13.7. The fourth-order valence-corrected chi connectivity index (χ4v) is 5.37. The fraction of sp³-hybridized carbons (Fsp3) is 0.125. The summed E-state index contributed by atoms with van der Waals surface area (Å²) in [5.74, 6) is 0.435. The lowest BCUT2D eigenvalue weighted by Gasteiger charge is -2.29. The molecule has 0 spiro atoms. The number of aryl methyl sites for hydroxylation is 1. The molecule has 152 valence electrons. The number of aliphatic imine (C=N–C) groups is 1. The van der Waals surface area contributed by atoms with Gasteiger partial charge in [0.1, 0.15) is 5.84 Å². The van der Waals surface area contributed by atoms with Crippen LogP contribution in [0.5, 0.6) is 0 Å². The van der Waals surface area contributed by atoms with Gasteiger partial charge in [-0.15, -0.1) is 0 Å². The Kier molecular flexibility index (Phi) is 5.62. The first kappa shape index (κ1) is 20.6.